The Morgan fingerprint density at radius 2 is 1.96 bits per heavy atom. The third-order valence-electron chi connectivity index (χ3n) is 4.81. The van der Waals surface area contributed by atoms with Crippen LogP contribution in [-0.2, 0) is 24.3 Å². The molecule has 1 aromatic rings. The van der Waals surface area contributed by atoms with Crippen LogP contribution in [0.3, 0.4) is 0 Å². The van der Waals surface area contributed by atoms with Gasteiger partial charge in [0.2, 0.25) is 15.9 Å². The van der Waals surface area contributed by atoms with E-state index in [2.05, 4.69) is 0 Å². The van der Waals surface area contributed by atoms with Gasteiger partial charge in [-0.2, -0.15) is 0 Å². The maximum atomic E-state index is 13.5. The van der Waals surface area contributed by atoms with Crippen LogP contribution in [0.2, 0.25) is 5.02 Å². The topological polar surface area (TPSA) is 84.0 Å². The van der Waals surface area contributed by atoms with Crippen molar-refractivity contribution in [1.29, 1.82) is 0 Å². The molecule has 1 aliphatic rings. The summed E-state index contributed by atoms with van der Waals surface area (Å²) in [5.74, 6) is -1.62. The number of halogens is 2. The minimum atomic E-state index is -3.84. The van der Waals surface area contributed by atoms with Crippen LogP contribution in [0, 0.1) is 11.7 Å². The van der Waals surface area contributed by atoms with Crippen molar-refractivity contribution in [3.63, 3.8) is 0 Å². The molecule has 1 heterocycles. The van der Waals surface area contributed by atoms with E-state index in [0.717, 1.165) is 16.6 Å². The van der Waals surface area contributed by atoms with Crippen LogP contribution in [0.25, 0.3) is 0 Å². The van der Waals surface area contributed by atoms with Crippen LogP contribution in [0.1, 0.15) is 26.2 Å². The second-order valence-corrected chi connectivity index (χ2v) is 8.97. The lowest BCUT2D eigenvalue weighted by atomic mass is 9.96. The molecule has 28 heavy (non-hydrogen) atoms. The average molecular weight is 435 g/mol. The summed E-state index contributed by atoms with van der Waals surface area (Å²) in [6.07, 6.45) is 2.12. The summed E-state index contributed by atoms with van der Waals surface area (Å²) in [5.41, 5.74) is 0.124. The van der Waals surface area contributed by atoms with Crippen molar-refractivity contribution in [1.82, 2.24) is 4.90 Å². The lowest BCUT2D eigenvalue weighted by Crippen LogP contribution is -2.52. The highest BCUT2D eigenvalue weighted by atomic mass is 35.5. The number of carbonyl (C=O) groups excluding carboxylic acids is 2. The van der Waals surface area contributed by atoms with Gasteiger partial charge in [-0.3, -0.25) is 13.9 Å². The van der Waals surface area contributed by atoms with E-state index in [4.69, 9.17) is 16.3 Å². The van der Waals surface area contributed by atoms with E-state index in [1.807, 2.05) is 0 Å². The molecule has 0 N–H and O–H groups in total. The summed E-state index contributed by atoms with van der Waals surface area (Å²) in [6.45, 7) is 2.36. The van der Waals surface area contributed by atoms with E-state index in [9.17, 15) is 22.4 Å². The zero-order valence-corrected chi connectivity index (χ0v) is 17.6. The zero-order chi connectivity index (χ0) is 21.1. The fraction of sp³-hybridized carbons (Fsp3) is 0.556. The summed E-state index contributed by atoms with van der Waals surface area (Å²) in [5, 5.41) is -0.229. The smallest absolute Gasteiger partial charge is 0.308 e. The quantitative estimate of drug-likeness (QED) is 0.642. The van der Waals surface area contributed by atoms with Gasteiger partial charge >= 0.3 is 5.97 Å². The second-order valence-electron chi connectivity index (χ2n) is 6.70. The van der Waals surface area contributed by atoms with Gasteiger partial charge in [0.15, 0.2) is 0 Å². The molecule has 7 nitrogen and oxygen atoms in total. The van der Waals surface area contributed by atoms with Crippen molar-refractivity contribution >= 4 is 39.2 Å². The first kappa shape index (κ1) is 22.4. The van der Waals surface area contributed by atoms with Gasteiger partial charge in [-0.25, -0.2) is 12.8 Å². The van der Waals surface area contributed by atoms with Gasteiger partial charge in [-0.1, -0.05) is 18.5 Å². The Morgan fingerprint density at radius 1 is 1.36 bits per heavy atom. The predicted molar refractivity (Wildman–Crippen MR) is 104 cm³/mol. The molecule has 0 aliphatic carbocycles. The van der Waals surface area contributed by atoms with Crippen molar-refractivity contribution in [3.8, 4) is 0 Å². The van der Waals surface area contributed by atoms with Gasteiger partial charge in [0.25, 0.3) is 0 Å². The first-order chi connectivity index (χ1) is 13.1. The molecule has 1 aliphatic heterocycles. The molecule has 0 saturated carbocycles. The molecule has 1 fully saturated rings. The Balaban J connectivity index is 2.28. The average Bonchev–Trinajstić information content (AvgIpc) is 2.66. The standard InChI is InChI=1S/C18H24ClFN2O5S/c1-4-16(17(23)21-9-7-12(8-10-21)18(24)27-2)22(28(3,25)26)13-5-6-15(20)14(19)11-13/h5-6,11-12,16H,4,7-10H2,1-3H3/t16-/m1/s1. The number of methoxy groups -OCH3 is 1. The molecule has 0 spiro atoms. The monoisotopic (exact) mass is 434 g/mol. The Hall–Kier alpha value is -1.87. The highest BCUT2D eigenvalue weighted by Gasteiger charge is 2.36. The molecule has 1 atom stereocenters. The zero-order valence-electron chi connectivity index (χ0n) is 16.0. The largest absolute Gasteiger partial charge is 0.469 e. The number of amides is 1. The molecule has 0 aromatic heterocycles. The number of benzene rings is 1. The van der Waals surface area contributed by atoms with Crippen LogP contribution in [0.5, 0.6) is 0 Å². The molecule has 1 saturated heterocycles. The highest BCUT2D eigenvalue weighted by molar-refractivity contribution is 7.92. The van der Waals surface area contributed by atoms with Crippen molar-refractivity contribution in [3.05, 3.63) is 29.0 Å². The normalized spacial score (nSPS) is 16.5. The number of esters is 1. The van der Waals surface area contributed by atoms with Crippen LogP contribution in [0.4, 0.5) is 10.1 Å². The Kier molecular flexibility index (Phi) is 7.28. The third kappa shape index (κ3) is 4.94. The number of carbonyl (C=O) groups is 2. The SMILES string of the molecule is CC[C@H](C(=O)N1CCC(C(=O)OC)CC1)N(c1ccc(F)c(Cl)c1)S(C)(=O)=O. The summed E-state index contributed by atoms with van der Waals surface area (Å²) in [7, 11) is -2.52. The number of anilines is 1. The van der Waals surface area contributed by atoms with Gasteiger partial charge in [-0.05, 0) is 37.5 Å². The number of nitrogens with zero attached hydrogens (tertiary/aromatic N) is 2. The lowest BCUT2D eigenvalue weighted by Gasteiger charge is -2.37. The molecular weight excluding hydrogens is 411 g/mol. The van der Waals surface area contributed by atoms with Crippen molar-refractivity contribution in [2.75, 3.05) is 30.8 Å². The Morgan fingerprint density at radius 3 is 2.43 bits per heavy atom. The minimum absolute atomic E-state index is 0.124. The van der Waals surface area contributed by atoms with E-state index in [1.54, 1.807) is 11.8 Å². The molecule has 0 bridgehead atoms. The number of piperidine rings is 1. The molecule has 156 valence electrons. The number of hydrogen-bond acceptors (Lipinski definition) is 5. The molecule has 0 unspecified atom stereocenters. The number of likely N-dealkylation sites (tertiary alicyclic amines) is 1. The molecule has 1 aromatic carbocycles. The van der Waals surface area contributed by atoms with Gasteiger partial charge in [0.1, 0.15) is 11.9 Å². The van der Waals surface area contributed by atoms with Crippen molar-refractivity contribution in [2.45, 2.75) is 32.2 Å². The van der Waals surface area contributed by atoms with Crippen molar-refractivity contribution < 1.29 is 27.1 Å². The molecule has 0 radical (unpaired) electrons. The fourth-order valence-electron chi connectivity index (χ4n) is 3.38. The molecule has 1 amide bonds. The summed E-state index contributed by atoms with van der Waals surface area (Å²) < 4.78 is 44.1. The molecular formula is C18H24ClFN2O5S. The van der Waals surface area contributed by atoms with Gasteiger partial charge < -0.3 is 9.64 Å². The first-order valence-electron chi connectivity index (χ1n) is 8.91. The van der Waals surface area contributed by atoms with Crippen LogP contribution < -0.4 is 4.31 Å². The number of ether oxygens (including phenoxy) is 1. The summed E-state index contributed by atoms with van der Waals surface area (Å²) in [4.78, 5) is 26.3. The Bertz CT molecular complexity index is 840. The predicted octanol–water partition coefficient (Wildman–Crippen LogP) is 2.44. The fourth-order valence-corrected chi connectivity index (χ4v) is 4.75. The number of hydrogen-bond donors (Lipinski definition) is 0. The Labute approximate surface area is 169 Å². The number of rotatable bonds is 6. The van der Waals surface area contributed by atoms with E-state index in [1.165, 1.54) is 19.2 Å². The maximum Gasteiger partial charge on any atom is 0.308 e. The summed E-state index contributed by atoms with van der Waals surface area (Å²) in [6, 6.07) is 2.54. The van der Waals surface area contributed by atoms with Gasteiger partial charge in [0.05, 0.1) is 30.0 Å². The van der Waals surface area contributed by atoms with Crippen LogP contribution >= 0.6 is 11.6 Å². The first-order valence-corrected chi connectivity index (χ1v) is 11.1. The highest BCUT2D eigenvalue weighted by Crippen LogP contribution is 2.29. The molecule has 10 heteroatoms. The third-order valence-corrected chi connectivity index (χ3v) is 6.28. The number of sulfonamides is 1. The summed E-state index contributed by atoms with van der Waals surface area (Å²) >= 11 is 5.81. The van der Waals surface area contributed by atoms with Gasteiger partial charge in [0, 0.05) is 13.1 Å². The van der Waals surface area contributed by atoms with E-state index in [-0.39, 0.29) is 34.9 Å². The second kappa shape index (κ2) is 9.09. The van der Waals surface area contributed by atoms with Gasteiger partial charge in [-0.15, -0.1) is 0 Å². The van der Waals surface area contributed by atoms with E-state index in [0.29, 0.717) is 25.9 Å². The van der Waals surface area contributed by atoms with E-state index < -0.39 is 21.9 Å². The molecule has 2 rings (SSSR count). The lowest BCUT2D eigenvalue weighted by molar-refractivity contribution is -0.149. The minimum Gasteiger partial charge on any atom is -0.469 e. The van der Waals surface area contributed by atoms with Crippen molar-refractivity contribution in [2.24, 2.45) is 5.92 Å². The van der Waals surface area contributed by atoms with E-state index >= 15 is 0 Å². The van der Waals surface area contributed by atoms with Crippen LogP contribution in [-0.4, -0.2) is 57.7 Å². The maximum absolute atomic E-state index is 13.5. The van der Waals surface area contributed by atoms with Crippen LogP contribution in [0.15, 0.2) is 18.2 Å².